The van der Waals surface area contributed by atoms with Gasteiger partial charge in [-0.2, -0.15) is 4.98 Å². The topological polar surface area (TPSA) is 93.3 Å². The third-order valence-electron chi connectivity index (χ3n) is 3.43. The van der Waals surface area contributed by atoms with E-state index >= 15 is 0 Å². The summed E-state index contributed by atoms with van der Waals surface area (Å²) in [6.45, 7) is 2.61. The van der Waals surface area contributed by atoms with E-state index in [-0.39, 0.29) is 13.2 Å². The normalized spacial score (nSPS) is 10.6. The highest BCUT2D eigenvalue weighted by Crippen LogP contribution is 2.17. The molecule has 3 aromatic rings. The van der Waals surface area contributed by atoms with Crippen molar-refractivity contribution in [2.24, 2.45) is 0 Å². The number of aliphatic hydroxyl groups is 1. The van der Waals surface area contributed by atoms with Gasteiger partial charge in [-0.1, -0.05) is 17.3 Å². The van der Waals surface area contributed by atoms with Gasteiger partial charge in [0, 0.05) is 25.2 Å². The van der Waals surface area contributed by atoms with Crippen molar-refractivity contribution >= 4 is 5.69 Å². The van der Waals surface area contributed by atoms with Crippen molar-refractivity contribution in [2.75, 3.05) is 5.32 Å². The summed E-state index contributed by atoms with van der Waals surface area (Å²) in [5.41, 5.74) is 2.73. The number of hydrogen-bond acceptors (Lipinski definition) is 7. The molecule has 1 aromatic carbocycles. The van der Waals surface area contributed by atoms with E-state index in [4.69, 9.17) is 9.26 Å². The number of aryl methyl sites for hydroxylation is 1. The van der Waals surface area contributed by atoms with Crippen LogP contribution < -0.4 is 10.1 Å². The van der Waals surface area contributed by atoms with Crippen molar-refractivity contribution in [2.45, 2.75) is 26.7 Å². The molecule has 0 atom stereocenters. The van der Waals surface area contributed by atoms with Gasteiger partial charge in [0.1, 0.15) is 5.75 Å². The summed E-state index contributed by atoms with van der Waals surface area (Å²) in [5, 5.41) is 16.4. The fourth-order valence-corrected chi connectivity index (χ4v) is 2.17. The largest absolute Gasteiger partial charge is 0.485 e. The number of nitrogens with one attached hydrogen (secondary N) is 1. The maximum Gasteiger partial charge on any atom is 0.223 e. The number of rotatable bonds is 7. The molecule has 0 aliphatic carbocycles. The van der Waals surface area contributed by atoms with Crippen LogP contribution in [-0.4, -0.2) is 20.2 Å². The molecule has 0 saturated carbocycles. The fourth-order valence-electron chi connectivity index (χ4n) is 2.17. The number of ether oxygens (including phenoxy) is 1. The molecule has 0 bridgehead atoms. The average Bonchev–Trinajstić information content (AvgIpc) is 3.04. The maximum absolute atomic E-state index is 9.31. The Morgan fingerprint density at radius 3 is 2.75 bits per heavy atom. The van der Waals surface area contributed by atoms with Crippen LogP contribution in [-0.2, 0) is 19.8 Å². The van der Waals surface area contributed by atoms with E-state index in [9.17, 15) is 5.11 Å². The molecular formula is C17H18N4O3. The van der Waals surface area contributed by atoms with Crippen LogP contribution in [0.4, 0.5) is 5.69 Å². The quantitative estimate of drug-likeness (QED) is 0.689. The van der Waals surface area contributed by atoms with Gasteiger partial charge < -0.3 is 19.7 Å². The number of aromatic nitrogens is 3. The van der Waals surface area contributed by atoms with Crippen LogP contribution in [0.3, 0.4) is 0 Å². The zero-order valence-corrected chi connectivity index (χ0v) is 13.3. The minimum absolute atomic E-state index is 0.0206. The molecule has 24 heavy (non-hydrogen) atoms. The first-order valence-electron chi connectivity index (χ1n) is 7.53. The molecule has 0 aliphatic rings. The van der Waals surface area contributed by atoms with Crippen molar-refractivity contribution in [3.05, 3.63) is 65.6 Å². The lowest BCUT2D eigenvalue weighted by molar-refractivity contribution is 0.282. The van der Waals surface area contributed by atoms with Gasteiger partial charge in [-0.25, -0.2) is 0 Å². The summed E-state index contributed by atoms with van der Waals surface area (Å²) in [4.78, 5) is 8.14. The lowest BCUT2D eigenvalue weighted by atomic mass is 10.2. The number of pyridine rings is 1. The van der Waals surface area contributed by atoms with E-state index in [0.29, 0.717) is 18.3 Å². The van der Waals surface area contributed by atoms with E-state index in [1.54, 1.807) is 25.4 Å². The Kier molecular flexibility index (Phi) is 5.02. The van der Waals surface area contributed by atoms with Crippen molar-refractivity contribution in [1.82, 2.24) is 15.1 Å². The highest BCUT2D eigenvalue weighted by atomic mass is 16.5. The smallest absolute Gasteiger partial charge is 0.223 e. The van der Waals surface area contributed by atoms with Crippen LogP contribution in [0.1, 0.15) is 22.8 Å². The molecule has 0 amide bonds. The first kappa shape index (κ1) is 15.9. The van der Waals surface area contributed by atoms with E-state index in [1.807, 2.05) is 24.3 Å². The number of benzene rings is 1. The summed E-state index contributed by atoms with van der Waals surface area (Å²) in [6.07, 6.45) is 3.37. The molecule has 0 aliphatic heterocycles. The molecule has 7 heteroatoms. The zero-order chi connectivity index (χ0) is 16.8. The van der Waals surface area contributed by atoms with Crippen LogP contribution in [0.2, 0.25) is 0 Å². The third-order valence-corrected chi connectivity index (χ3v) is 3.43. The van der Waals surface area contributed by atoms with Crippen LogP contribution in [0.15, 0.2) is 47.2 Å². The Morgan fingerprint density at radius 2 is 2.04 bits per heavy atom. The molecule has 2 N–H and O–H groups in total. The second kappa shape index (κ2) is 7.56. The summed E-state index contributed by atoms with van der Waals surface area (Å²) >= 11 is 0. The van der Waals surface area contributed by atoms with Gasteiger partial charge in [-0.3, -0.25) is 4.98 Å². The summed E-state index contributed by atoms with van der Waals surface area (Å²) in [6, 6.07) is 9.51. The Balaban J connectivity index is 1.54. The second-order valence-corrected chi connectivity index (χ2v) is 5.21. The van der Waals surface area contributed by atoms with Gasteiger partial charge >= 0.3 is 0 Å². The predicted octanol–water partition coefficient (Wildman–Crippen LogP) is 2.46. The number of nitrogens with zero attached hydrogens (tertiary/aromatic N) is 3. The number of aliphatic hydroxyl groups excluding tert-OH is 1. The third kappa shape index (κ3) is 4.08. The predicted molar refractivity (Wildman–Crippen MR) is 87.3 cm³/mol. The van der Waals surface area contributed by atoms with Crippen LogP contribution in [0, 0.1) is 6.92 Å². The minimum atomic E-state index is -0.0206. The van der Waals surface area contributed by atoms with E-state index in [0.717, 1.165) is 22.6 Å². The Labute approximate surface area is 139 Å². The zero-order valence-electron chi connectivity index (χ0n) is 13.3. The average molecular weight is 326 g/mol. The Bertz CT molecular complexity index is 787. The highest BCUT2D eigenvalue weighted by Gasteiger charge is 2.04. The van der Waals surface area contributed by atoms with Crippen molar-refractivity contribution in [3.8, 4) is 5.75 Å². The molecule has 0 saturated heterocycles. The molecule has 124 valence electrons. The molecule has 0 fully saturated rings. The van der Waals surface area contributed by atoms with Crippen molar-refractivity contribution < 1.29 is 14.4 Å². The summed E-state index contributed by atoms with van der Waals surface area (Å²) in [7, 11) is 0. The fraction of sp³-hybridized carbons (Fsp3) is 0.235. The highest BCUT2D eigenvalue weighted by molar-refractivity contribution is 5.49. The molecule has 0 unspecified atom stereocenters. The maximum atomic E-state index is 9.31. The van der Waals surface area contributed by atoms with Crippen molar-refractivity contribution in [3.63, 3.8) is 0 Å². The standard InChI is InChI=1S/C17H18N4O3/c1-12-20-17(21-24-12)11-23-15-4-2-13(3-5-15)8-19-16-9-18-7-6-14(16)10-22/h2-7,9,19,22H,8,10-11H2,1H3. The lowest BCUT2D eigenvalue weighted by Crippen LogP contribution is -2.03. The van der Waals surface area contributed by atoms with Gasteiger partial charge in [-0.05, 0) is 23.8 Å². The molecule has 0 spiro atoms. The van der Waals surface area contributed by atoms with Crippen LogP contribution >= 0.6 is 0 Å². The van der Waals surface area contributed by atoms with Gasteiger partial charge in [0.25, 0.3) is 0 Å². The van der Waals surface area contributed by atoms with Gasteiger partial charge in [-0.15, -0.1) is 0 Å². The monoisotopic (exact) mass is 326 g/mol. The Hall–Kier alpha value is -2.93. The van der Waals surface area contributed by atoms with E-state index in [2.05, 4.69) is 20.4 Å². The van der Waals surface area contributed by atoms with Gasteiger partial charge in [0.15, 0.2) is 6.61 Å². The molecular weight excluding hydrogens is 308 g/mol. The number of anilines is 1. The molecule has 7 nitrogen and oxygen atoms in total. The van der Waals surface area contributed by atoms with Gasteiger partial charge in [0.2, 0.25) is 11.7 Å². The molecule has 3 rings (SSSR count). The Morgan fingerprint density at radius 1 is 1.21 bits per heavy atom. The molecule has 0 radical (unpaired) electrons. The summed E-state index contributed by atoms with van der Waals surface area (Å²) < 4.78 is 10.5. The number of hydrogen-bond donors (Lipinski definition) is 2. The molecule has 2 heterocycles. The summed E-state index contributed by atoms with van der Waals surface area (Å²) in [5.74, 6) is 1.78. The van der Waals surface area contributed by atoms with Crippen molar-refractivity contribution in [1.29, 1.82) is 0 Å². The van der Waals surface area contributed by atoms with Crippen LogP contribution in [0.5, 0.6) is 5.75 Å². The SMILES string of the molecule is Cc1nc(COc2ccc(CNc3cnccc3CO)cc2)no1. The molecule has 2 aromatic heterocycles. The lowest BCUT2D eigenvalue weighted by Gasteiger charge is -2.10. The first-order valence-corrected chi connectivity index (χ1v) is 7.53. The van der Waals surface area contributed by atoms with Crippen LogP contribution in [0.25, 0.3) is 0 Å². The minimum Gasteiger partial charge on any atom is -0.485 e. The first-order chi connectivity index (χ1) is 11.7. The van der Waals surface area contributed by atoms with E-state index in [1.165, 1.54) is 0 Å². The second-order valence-electron chi connectivity index (χ2n) is 5.21. The van der Waals surface area contributed by atoms with E-state index < -0.39 is 0 Å². The van der Waals surface area contributed by atoms with Gasteiger partial charge in [0.05, 0.1) is 18.5 Å².